The maximum Gasteiger partial charge on any atom is 0.189 e. The molecule has 2 rings (SSSR count). The zero-order valence-electron chi connectivity index (χ0n) is 13.0. The van der Waals surface area contributed by atoms with Crippen LogP contribution >= 0.6 is 0 Å². The van der Waals surface area contributed by atoms with Gasteiger partial charge in [-0.3, -0.25) is 4.90 Å². The molecule has 3 N–H and O–H groups in total. The van der Waals surface area contributed by atoms with E-state index in [-0.39, 0.29) is 0 Å². The highest BCUT2D eigenvalue weighted by molar-refractivity contribution is 5.78. The fourth-order valence-electron chi connectivity index (χ4n) is 2.38. The topological polar surface area (TPSA) is 62.9 Å². The van der Waals surface area contributed by atoms with E-state index in [1.165, 1.54) is 11.1 Å². The van der Waals surface area contributed by atoms with Gasteiger partial charge in [0.05, 0.1) is 19.8 Å². The Labute approximate surface area is 127 Å². The van der Waals surface area contributed by atoms with Crippen molar-refractivity contribution in [2.24, 2.45) is 10.7 Å². The fourth-order valence-corrected chi connectivity index (χ4v) is 2.38. The lowest BCUT2D eigenvalue weighted by molar-refractivity contribution is 0.0341. The minimum absolute atomic E-state index is 0.303. The molecule has 0 amide bonds. The summed E-state index contributed by atoms with van der Waals surface area (Å²) >= 11 is 0. The fraction of sp³-hybridized carbons (Fsp3) is 0.562. The Morgan fingerprint density at radius 3 is 2.62 bits per heavy atom. The molecule has 1 aromatic carbocycles. The highest BCUT2D eigenvalue weighted by Crippen LogP contribution is 2.14. The van der Waals surface area contributed by atoms with E-state index in [0.29, 0.717) is 18.5 Å². The number of rotatable bonds is 5. The van der Waals surface area contributed by atoms with Crippen LogP contribution in [0.1, 0.15) is 25.0 Å². The zero-order valence-corrected chi connectivity index (χ0v) is 13.0. The summed E-state index contributed by atoms with van der Waals surface area (Å²) in [6.07, 6.45) is 0. The first-order valence-electron chi connectivity index (χ1n) is 7.58. The van der Waals surface area contributed by atoms with Crippen molar-refractivity contribution in [2.45, 2.75) is 33.0 Å². The molecular formula is C16H26N4O. The van der Waals surface area contributed by atoms with E-state index in [4.69, 9.17) is 10.5 Å². The second-order valence-electron chi connectivity index (χ2n) is 5.66. The van der Waals surface area contributed by atoms with Gasteiger partial charge in [-0.15, -0.1) is 0 Å². The van der Waals surface area contributed by atoms with Gasteiger partial charge in [0, 0.05) is 25.7 Å². The molecule has 0 aromatic heterocycles. The predicted octanol–water partition coefficient (Wildman–Crippen LogP) is 1.33. The first-order chi connectivity index (χ1) is 10.1. The number of nitrogens with zero attached hydrogens (tertiary/aromatic N) is 2. The summed E-state index contributed by atoms with van der Waals surface area (Å²) in [5.41, 5.74) is 8.42. The third-order valence-electron chi connectivity index (χ3n) is 3.47. The van der Waals surface area contributed by atoms with Gasteiger partial charge in [0.25, 0.3) is 0 Å². The molecule has 21 heavy (non-hydrogen) atoms. The maximum absolute atomic E-state index is 5.87. The molecule has 0 atom stereocenters. The van der Waals surface area contributed by atoms with Gasteiger partial charge < -0.3 is 15.8 Å². The number of benzene rings is 1. The van der Waals surface area contributed by atoms with Crippen molar-refractivity contribution in [2.75, 3.05) is 26.3 Å². The van der Waals surface area contributed by atoms with Crippen molar-refractivity contribution >= 4 is 5.96 Å². The smallest absolute Gasteiger partial charge is 0.189 e. The molecule has 5 nitrogen and oxygen atoms in total. The van der Waals surface area contributed by atoms with Gasteiger partial charge in [-0.25, -0.2) is 4.99 Å². The molecule has 116 valence electrons. The normalized spacial score (nSPS) is 17.2. The molecule has 1 saturated heterocycles. The van der Waals surface area contributed by atoms with Crippen LogP contribution in [-0.2, 0) is 17.8 Å². The lowest BCUT2D eigenvalue weighted by atomic mass is 10.1. The predicted molar refractivity (Wildman–Crippen MR) is 86.1 cm³/mol. The Morgan fingerprint density at radius 1 is 1.29 bits per heavy atom. The van der Waals surface area contributed by atoms with Crippen LogP contribution in [-0.4, -0.2) is 43.2 Å². The first-order valence-corrected chi connectivity index (χ1v) is 7.58. The number of morpholine rings is 1. The van der Waals surface area contributed by atoms with Crippen molar-refractivity contribution < 1.29 is 4.74 Å². The van der Waals surface area contributed by atoms with E-state index in [0.717, 1.165) is 32.8 Å². The Kier molecular flexibility index (Phi) is 6.02. The highest BCUT2D eigenvalue weighted by atomic mass is 16.5. The van der Waals surface area contributed by atoms with Crippen LogP contribution in [0, 0.1) is 0 Å². The van der Waals surface area contributed by atoms with Gasteiger partial charge in [-0.1, -0.05) is 24.3 Å². The van der Waals surface area contributed by atoms with Crippen LogP contribution in [0.25, 0.3) is 0 Å². The zero-order chi connectivity index (χ0) is 15.1. The number of aliphatic imine (C=N–C) groups is 1. The van der Waals surface area contributed by atoms with Crippen LogP contribution in [0.3, 0.4) is 0 Å². The Balaban J connectivity index is 1.99. The molecule has 1 heterocycles. The Morgan fingerprint density at radius 2 is 1.95 bits per heavy atom. The van der Waals surface area contributed by atoms with Crippen molar-refractivity contribution in [1.82, 2.24) is 10.2 Å². The molecule has 0 unspecified atom stereocenters. The lowest BCUT2D eigenvalue weighted by Crippen LogP contribution is -2.37. The summed E-state index contributed by atoms with van der Waals surface area (Å²) in [5, 5.41) is 3.11. The lowest BCUT2D eigenvalue weighted by Gasteiger charge is -2.27. The number of ether oxygens (including phenoxy) is 1. The average Bonchev–Trinajstić information content (AvgIpc) is 2.47. The van der Waals surface area contributed by atoms with Gasteiger partial charge in [0.1, 0.15) is 0 Å². The van der Waals surface area contributed by atoms with E-state index in [9.17, 15) is 0 Å². The molecule has 0 bridgehead atoms. The average molecular weight is 290 g/mol. The highest BCUT2D eigenvalue weighted by Gasteiger charge is 2.12. The van der Waals surface area contributed by atoms with Gasteiger partial charge >= 0.3 is 0 Å². The van der Waals surface area contributed by atoms with Crippen molar-refractivity contribution in [3.8, 4) is 0 Å². The minimum Gasteiger partial charge on any atom is -0.379 e. The first kappa shape index (κ1) is 15.8. The molecule has 1 aliphatic heterocycles. The summed E-state index contributed by atoms with van der Waals surface area (Å²) in [7, 11) is 0. The molecule has 1 aliphatic rings. The molecule has 1 aromatic rings. The van der Waals surface area contributed by atoms with Crippen molar-refractivity contribution in [1.29, 1.82) is 0 Å². The summed E-state index contributed by atoms with van der Waals surface area (Å²) in [6, 6.07) is 8.74. The van der Waals surface area contributed by atoms with Crippen LogP contribution in [0.4, 0.5) is 0 Å². The molecule has 0 radical (unpaired) electrons. The summed E-state index contributed by atoms with van der Waals surface area (Å²) < 4.78 is 5.40. The third kappa shape index (κ3) is 5.36. The van der Waals surface area contributed by atoms with Crippen molar-refractivity contribution in [3.63, 3.8) is 0 Å². The van der Waals surface area contributed by atoms with E-state index >= 15 is 0 Å². The van der Waals surface area contributed by atoms with Gasteiger partial charge in [0.15, 0.2) is 5.96 Å². The molecule has 0 saturated carbocycles. The molecular weight excluding hydrogens is 264 g/mol. The van der Waals surface area contributed by atoms with Crippen LogP contribution in [0.15, 0.2) is 29.3 Å². The van der Waals surface area contributed by atoms with E-state index in [1.807, 2.05) is 0 Å². The molecule has 0 spiro atoms. The maximum atomic E-state index is 5.87. The minimum atomic E-state index is 0.303. The number of nitrogens with two attached hydrogens (primary N) is 1. The van der Waals surface area contributed by atoms with Crippen LogP contribution < -0.4 is 11.1 Å². The quantitative estimate of drug-likeness (QED) is 0.634. The third-order valence-corrected chi connectivity index (χ3v) is 3.47. The van der Waals surface area contributed by atoms with E-state index in [1.54, 1.807) is 0 Å². The van der Waals surface area contributed by atoms with Crippen molar-refractivity contribution in [3.05, 3.63) is 35.4 Å². The second-order valence-corrected chi connectivity index (χ2v) is 5.66. The summed E-state index contributed by atoms with van der Waals surface area (Å²) in [6.45, 7) is 9.31. The van der Waals surface area contributed by atoms with Crippen LogP contribution in [0.5, 0.6) is 0 Å². The summed E-state index contributed by atoms with van der Waals surface area (Å²) in [5.74, 6) is 0.506. The van der Waals surface area contributed by atoms with Gasteiger partial charge in [-0.05, 0) is 25.0 Å². The van der Waals surface area contributed by atoms with Gasteiger partial charge in [0.2, 0.25) is 0 Å². The molecule has 5 heteroatoms. The molecule has 1 fully saturated rings. The number of nitrogens with one attached hydrogen (secondary N) is 1. The second kappa shape index (κ2) is 8.00. The Hall–Kier alpha value is -1.59. The number of hydrogen-bond donors (Lipinski definition) is 2. The van der Waals surface area contributed by atoms with E-state index < -0.39 is 0 Å². The monoisotopic (exact) mass is 290 g/mol. The number of hydrogen-bond acceptors (Lipinski definition) is 3. The SMILES string of the molecule is CC(C)NC(N)=NCc1ccccc1CN1CCOCC1. The van der Waals surface area contributed by atoms with E-state index in [2.05, 4.69) is 53.3 Å². The number of guanidine groups is 1. The van der Waals surface area contributed by atoms with Gasteiger partial charge in [-0.2, -0.15) is 0 Å². The summed E-state index contributed by atoms with van der Waals surface area (Å²) in [4.78, 5) is 6.85. The molecule has 0 aliphatic carbocycles. The Bertz CT molecular complexity index is 467. The standard InChI is InChI=1S/C16H26N4O/c1-13(2)19-16(17)18-11-14-5-3-4-6-15(14)12-20-7-9-21-10-8-20/h3-6,13H,7-12H2,1-2H3,(H3,17,18,19). The largest absolute Gasteiger partial charge is 0.379 e. The van der Waals surface area contributed by atoms with Crippen LogP contribution in [0.2, 0.25) is 0 Å².